The van der Waals surface area contributed by atoms with Crippen LogP contribution in [0.25, 0.3) is 0 Å². The van der Waals surface area contributed by atoms with Crippen molar-refractivity contribution < 1.29 is 9.90 Å². The van der Waals surface area contributed by atoms with Crippen LogP contribution in [-0.2, 0) is 4.79 Å². The van der Waals surface area contributed by atoms with Gasteiger partial charge in [-0.3, -0.25) is 9.69 Å². The molecule has 0 aliphatic carbocycles. The molecule has 19 heavy (non-hydrogen) atoms. The van der Waals surface area contributed by atoms with Crippen molar-refractivity contribution in [1.29, 1.82) is 0 Å². The number of hydrogen-bond acceptors (Lipinski definition) is 4. The molecule has 0 radical (unpaired) electrons. The largest absolute Gasteiger partial charge is 0.480 e. The minimum absolute atomic E-state index is 0.493. The third-order valence-electron chi connectivity index (χ3n) is 4.12. The molecular formula is C14H29N3O2. The SMILES string of the molecule is CCNC(C)(CCN1CCCN(C)CC1C)C(=O)O. The molecule has 0 amide bonds. The zero-order valence-corrected chi connectivity index (χ0v) is 12.8. The molecule has 0 aromatic rings. The summed E-state index contributed by atoms with van der Waals surface area (Å²) in [6.45, 7) is 10.7. The van der Waals surface area contributed by atoms with Crippen LogP contribution in [0.5, 0.6) is 0 Å². The van der Waals surface area contributed by atoms with Gasteiger partial charge in [-0.2, -0.15) is 0 Å². The Hall–Kier alpha value is -0.650. The van der Waals surface area contributed by atoms with Crippen LogP contribution in [0.1, 0.15) is 33.6 Å². The van der Waals surface area contributed by atoms with Gasteiger partial charge in [0, 0.05) is 19.1 Å². The first-order chi connectivity index (χ1) is 8.89. The summed E-state index contributed by atoms with van der Waals surface area (Å²) in [5, 5.41) is 12.5. The Bertz CT molecular complexity index is 298. The normalized spacial score (nSPS) is 25.8. The van der Waals surface area contributed by atoms with Gasteiger partial charge in [0.2, 0.25) is 0 Å². The molecule has 0 aromatic carbocycles. The maximum Gasteiger partial charge on any atom is 0.323 e. The predicted octanol–water partition coefficient (Wildman–Crippen LogP) is 0.855. The molecule has 1 aliphatic heterocycles. The number of nitrogens with zero attached hydrogens (tertiary/aromatic N) is 2. The lowest BCUT2D eigenvalue weighted by molar-refractivity contribution is -0.144. The third kappa shape index (κ3) is 4.75. The molecule has 5 heteroatoms. The van der Waals surface area contributed by atoms with Crippen molar-refractivity contribution in [2.24, 2.45) is 0 Å². The molecule has 0 saturated carbocycles. The fourth-order valence-corrected chi connectivity index (χ4v) is 2.78. The topological polar surface area (TPSA) is 55.8 Å². The highest BCUT2D eigenvalue weighted by Gasteiger charge is 2.33. The van der Waals surface area contributed by atoms with Gasteiger partial charge >= 0.3 is 5.97 Å². The van der Waals surface area contributed by atoms with Gasteiger partial charge in [-0.05, 0) is 53.4 Å². The Morgan fingerprint density at radius 1 is 1.47 bits per heavy atom. The van der Waals surface area contributed by atoms with E-state index in [0.29, 0.717) is 19.0 Å². The molecule has 1 aliphatic rings. The summed E-state index contributed by atoms with van der Waals surface area (Å²) in [6.07, 6.45) is 1.80. The molecule has 112 valence electrons. The number of likely N-dealkylation sites (N-methyl/N-ethyl adjacent to an activating group) is 2. The highest BCUT2D eigenvalue weighted by atomic mass is 16.4. The lowest BCUT2D eigenvalue weighted by atomic mass is 9.97. The first-order valence-electron chi connectivity index (χ1n) is 7.30. The summed E-state index contributed by atoms with van der Waals surface area (Å²) in [6, 6.07) is 0.493. The molecule has 2 N–H and O–H groups in total. The van der Waals surface area contributed by atoms with Crippen LogP contribution in [-0.4, -0.2) is 72.2 Å². The number of nitrogens with one attached hydrogen (secondary N) is 1. The number of carbonyl (C=O) groups is 1. The summed E-state index contributed by atoms with van der Waals surface area (Å²) >= 11 is 0. The third-order valence-corrected chi connectivity index (χ3v) is 4.12. The van der Waals surface area contributed by atoms with E-state index in [4.69, 9.17) is 0 Å². The molecule has 5 nitrogen and oxygen atoms in total. The number of hydrogen-bond donors (Lipinski definition) is 2. The van der Waals surface area contributed by atoms with E-state index in [-0.39, 0.29) is 0 Å². The summed E-state index contributed by atoms with van der Waals surface area (Å²) < 4.78 is 0. The number of carboxylic acid groups (broad SMARTS) is 1. The van der Waals surface area contributed by atoms with Crippen LogP contribution in [0.2, 0.25) is 0 Å². The summed E-state index contributed by atoms with van der Waals surface area (Å²) in [5.74, 6) is -0.756. The fraction of sp³-hybridized carbons (Fsp3) is 0.929. The van der Waals surface area contributed by atoms with Gasteiger partial charge in [-0.1, -0.05) is 6.92 Å². The zero-order chi connectivity index (χ0) is 14.5. The van der Waals surface area contributed by atoms with Crippen molar-refractivity contribution in [3.05, 3.63) is 0 Å². The van der Waals surface area contributed by atoms with E-state index in [1.54, 1.807) is 6.92 Å². The van der Waals surface area contributed by atoms with Crippen molar-refractivity contribution in [1.82, 2.24) is 15.1 Å². The van der Waals surface area contributed by atoms with Crippen molar-refractivity contribution in [2.75, 3.05) is 39.8 Å². The van der Waals surface area contributed by atoms with Gasteiger partial charge in [0.25, 0.3) is 0 Å². The Morgan fingerprint density at radius 2 is 2.16 bits per heavy atom. The Balaban J connectivity index is 2.55. The summed E-state index contributed by atoms with van der Waals surface area (Å²) in [7, 11) is 2.15. The van der Waals surface area contributed by atoms with Crippen LogP contribution in [0.4, 0.5) is 0 Å². The summed E-state index contributed by atoms with van der Waals surface area (Å²) in [5.41, 5.74) is -0.813. The Kier molecular flexibility index (Phi) is 6.23. The molecule has 1 fully saturated rings. The lowest BCUT2D eigenvalue weighted by Crippen LogP contribution is -2.52. The fourth-order valence-electron chi connectivity index (χ4n) is 2.78. The second-order valence-corrected chi connectivity index (χ2v) is 5.92. The van der Waals surface area contributed by atoms with Crippen LogP contribution in [0, 0.1) is 0 Å². The van der Waals surface area contributed by atoms with Crippen molar-refractivity contribution in [2.45, 2.75) is 45.2 Å². The Labute approximate surface area is 117 Å². The standard InChI is InChI=1S/C14H29N3O2/c1-5-15-14(3,13(18)19)7-10-17-9-6-8-16(4)11-12(17)2/h12,15H,5-11H2,1-4H3,(H,18,19). The predicted molar refractivity (Wildman–Crippen MR) is 77.5 cm³/mol. The Morgan fingerprint density at radius 3 is 2.74 bits per heavy atom. The van der Waals surface area contributed by atoms with E-state index in [2.05, 4.69) is 29.1 Å². The van der Waals surface area contributed by atoms with Crippen LogP contribution in [0.15, 0.2) is 0 Å². The molecule has 0 spiro atoms. The van der Waals surface area contributed by atoms with E-state index in [0.717, 1.165) is 32.6 Å². The van der Waals surface area contributed by atoms with Crippen molar-refractivity contribution in [3.63, 3.8) is 0 Å². The van der Waals surface area contributed by atoms with E-state index in [9.17, 15) is 9.90 Å². The first kappa shape index (κ1) is 16.4. The smallest absolute Gasteiger partial charge is 0.323 e. The molecular weight excluding hydrogens is 242 g/mol. The number of carboxylic acids is 1. The minimum atomic E-state index is -0.813. The number of aliphatic carboxylic acids is 1. The van der Waals surface area contributed by atoms with Crippen LogP contribution >= 0.6 is 0 Å². The lowest BCUT2D eigenvalue weighted by Gasteiger charge is -2.32. The monoisotopic (exact) mass is 271 g/mol. The average Bonchev–Trinajstić information content (AvgIpc) is 2.48. The van der Waals surface area contributed by atoms with E-state index in [1.165, 1.54) is 0 Å². The van der Waals surface area contributed by atoms with E-state index < -0.39 is 11.5 Å². The minimum Gasteiger partial charge on any atom is -0.480 e. The van der Waals surface area contributed by atoms with Crippen LogP contribution < -0.4 is 5.32 Å². The zero-order valence-electron chi connectivity index (χ0n) is 12.8. The highest BCUT2D eigenvalue weighted by Crippen LogP contribution is 2.15. The molecule has 0 bridgehead atoms. The number of rotatable bonds is 6. The van der Waals surface area contributed by atoms with Gasteiger partial charge in [-0.25, -0.2) is 0 Å². The average molecular weight is 271 g/mol. The van der Waals surface area contributed by atoms with Crippen molar-refractivity contribution in [3.8, 4) is 0 Å². The van der Waals surface area contributed by atoms with E-state index in [1.807, 2.05) is 6.92 Å². The maximum atomic E-state index is 11.4. The molecule has 2 unspecified atom stereocenters. The molecule has 1 saturated heterocycles. The van der Waals surface area contributed by atoms with Gasteiger partial charge in [0.1, 0.15) is 5.54 Å². The second kappa shape index (κ2) is 7.22. The highest BCUT2D eigenvalue weighted by molar-refractivity contribution is 5.78. The van der Waals surface area contributed by atoms with Gasteiger partial charge in [0.15, 0.2) is 0 Å². The van der Waals surface area contributed by atoms with Gasteiger partial charge in [0.05, 0.1) is 0 Å². The second-order valence-electron chi connectivity index (χ2n) is 5.92. The van der Waals surface area contributed by atoms with E-state index >= 15 is 0 Å². The summed E-state index contributed by atoms with van der Waals surface area (Å²) in [4.78, 5) is 16.2. The molecule has 0 aromatic heterocycles. The van der Waals surface area contributed by atoms with Crippen LogP contribution in [0.3, 0.4) is 0 Å². The molecule has 1 rings (SSSR count). The first-order valence-corrected chi connectivity index (χ1v) is 7.30. The van der Waals surface area contributed by atoms with Crippen molar-refractivity contribution >= 4 is 5.97 Å². The van der Waals surface area contributed by atoms with Gasteiger partial charge < -0.3 is 15.3 Å². The quantitative estimate of drug-likeness (QED) is 0.750. The molecule has 1 heterocycles. The van der Waals surface area contributed by atoms with Gasteiger partial charge in [-0.15, -0.1) is 0 Å². The maximum absolute atomic E-state index is 11.4. The molecule has 2 atom stereocenters.